The predicted octanol–water partition coefficient (Wildman–Crippen LogP) is 7.14. The molecule has 3 heterocycles. The zero-order chi connectivity index (χ0) is 41.5. The number of amides is 3. The van der Waals surface area contributed by atoms with Crippen LogP contribution in [0.1, 0.15) is 46.5 Å². The summed E-state index contributed by atoms with van der Waals surface area (Å²) in [5.41, 5.74) is 1.29. The summed E-state index contributed by atoms with van der Waals surface area (Å²) in [7, 11) is 0. The van der Waals surface area contributed by atoms with Crippen LogP contribution in [0.5, 0.6) is 0 Å². The van der Waals surface area contributed by atoms with Gasteiger partial charge in [0.1, 0.15) is 29.6 Å². The molecule has 2 aliphatic rings. The molecule has 7 rings (SSSR count). The smallest absolute Gasteiger partial charge is 0.380 e. The van der Waals surface area contributed by atoms with Crippen LogP contribution in [-0.4, -0.2) is 54.5 Å². The Morgan fingerprint density at radius 2 is 1.76 bits per heavy atom. The summed E-state index contributed by atoms with van der Waals surface area (Å²) in [6.07, 6.45) is -4.26. The lowest BCUT2D eigenvalue weighted by molar-refractivity contribution is -0.137. The number of carbonyl (C=O) groups excluding carboxylic acids is 3. The fraction of sp³-hybridized carbons (Fsp3) is 0.238. The molecule has 3 amide bonds. The molecule has 1 aromatic heterocycles. The average Bonchev–Trinajstić information content (AvgIpc) is 3.55. The molecule has 0 radical (unpaired) electrons. The number of aromatic nitrogens is 1. The van der Waals surface area contributed by atoms with E-state index in [0.29, 0.717) is 35.5 Å². The van der Waals surface area contributed by atoms with Crippen molar-refractivity contribution in [3.8, 4) is 17.3 Å². The number of anilines is 3. The van der Waals surface area contributed by atoms with E-state index < -0.39 is 40.4 Å². The number of nitrogens with zero attached hydrogens (tertiary/aromatic N) is 3. The van der Waals surface area contributed by atoms with Gasteiger partial charge in [0.15, 0.2) is 0 Å². The van der Waals surface area contributed by atoms with Crippen LogP contribution in [0.25, 0.3) is 22.2 Å². The van der Waals surface area contributed by atoms with Crippen LogP contribution in [-0.2, 0) is 33.5 Å². The van der Waals surface area contributed by atoms with Gasteiger partial charge in [-0.15, -0.1) is 0 Å². The minimum atomic E-state index is -4.84. The van der Waals surface area contributed by atoms with E-state index in [2.05, 4.69) is 27.5 Å². The van der Waals surface area contributed by atoms with Crippen LogP contribution in [0.4, 0.5) is 39.0 Å². The lowest BCUT2D eigenvalue weighted by Crippen LogP contribution is -2.43. The van der Waals surface area contributed by atoms with Crippen molar-refractivity contribution in [1.82, 2.24) is 15.6 Å². The number of hydrogen-bond donors (Lipinski definition) is 4. The monoisotopic (exact) mass is 797 g/mol. The van der Waals surface area contributed by atoms with Gasteiger partial charge in [-0.1, -0.05) is 30.8 Å². The third kappa shape index (κ3) is 7.43. The van der Waals surface area contributed by atoms with Gasteiger partial charge in [0.2, 0.25) is 5.91 Å². The lowest BCUT2D eigenvalue weighted by atomic mass is 9.99. The number of H-pyrrole nitrogens is 1. The number of alkyl halides is 3. The molecule has 4 aromatic carbocycles. The first-order valence-electron chi connectivity index (χ1n) is 18.1. The topological polar surface area (TPSA) is 143 Å². The van der Waals surface area contributed by atoms with E-state index in [1.54, 1.807) is 0 Å². The molecule has 5 aromatic rings. The van der Waals surface area contributed by atoms with Crippen LogP contribution < -0.4 is 25.8 Å². The molecule has 298 valence electrons. The molecule has 0 spiro atoms. The summed E-state index contributed by atoms with van der Waals surface area (Å²) in [5.74, 6) is -2.47. The molecule has 2 aliphatic heterocycles. The minimum Gasteiger partial charge on any atom is -0.380 e. The second-order valence-electron chi connectivity index (χ2n) is 14.3. The maximum Gasteiger partial charge on any atom is 0.417 e. The van der Waals surface area contributed by atoms with E-state index in [0.717, 1.165) is 33.4 Å². The lowest BCUT2D eigenvalue weighted by Gasteiger charge is -2.30. The number of ether oxygens (including phenoxy) is 1. The molecular weight excluding hydrogens is 761 g/mol. The Hall–Kier alpha value is -6.73. The van der Waals surface area contributed by atoms with Gasteiger partial charge in [-0.2, -0.15) is 18.4 Å². The fourth-order valence-corrected chi connectivity index (χ4v) is 7.34. The average molecular weight is 798 g/mol. The van der Waals surface area contributed by atoms with Gasteiger partial charge in [-0.25, -0.2) is 8.78 Å². The summed E-state index contributed by atoms with van der Waals surface area (Å²) < 4.78 is 76.1. The predicted molar refractivity (Wildman–Crippen MR) is 207 cm³/mol. The minimum absolute atomic E-state index is 0.00322. The number of nitrogens with one attached hydrogen (secondary N) is 4. The summed E-state index contributed by atoms with van der Waals surface area (Å²) >= 11 is 0. The normalized spacial score (nSPS) is 15.0. The van der Waals surface area contributed by atoms with E-state index in [1.165, 1.54) is 61.2 Å². The van der Waals surface area contributed by atoms with Crippen molar-refractivity contribution >= 4 is 45.7 Å². The van der Waals surface area contributed by atoms with Crippen molar-refractivity contribution < 1.29 is 41.1 Å². The van der Waals surface area contributed by atoms with Gasteiger partial charge in [0.25, 0.3) is 11.8 Å². The quantitative estimate of drug-likeness (QED) is 0.0823. The van der Waals surface area contributed by atoms with E-state index >= 15 is 4.39 Å². The van der Waals surface area contributed by atoms with Gasteiger partial charge >= 0.3 is 6.18 Å². The van der Waals surface area contributed by atoms with Crippen molar-refractivity contribution in [2.45, 2.75) is 38.5 Å². The fourth-order valence-electron chi connectivity index (χ4n) is 7.34. The highest BCUT2D eigenvalue weighted by Gasteiger charge is 2.49. The number of rotatable bonds is 11. The maximum atomic E-state index is 15.3. The third-order valence-corrected chi connectivity index (χ3v) is 10.1. The number of aromatic amines is 1. The molecule has 1 saturated heterocycles. The Morgan fingerprint density at radius 1 is 1.02 bits per heavy atom. The van der Waals surface area contributed by atoms with E-state index in [1.807, 2.05) is 24.3 Å². The third-order valence-electron chi connectivity index (χ3n) is 10.1. The summed E-state index contributed by atoms with van der Waals surface area (Å²) in [6, 6.07) is 18.7. The van der Waals surface area contributed by atoms with Crippen molar-refractivity contribution in [3.63, 3.8) is 0 Å². The Labute approximate surface area is 329 Å². The van der Waals surface area contributed by atoms with Gasteiger partial charge in [-0.3, -0.25) is 19.3 Å². The number of benzene rings is 4. The second-order valence-corrected chi connectivity index (χ2v) is 14.3. The number of nitriles is 1. The molecule has 58 heavy (non-hydrogen) atoms. The highest BCUT2D eigenvalue weighted by molar-refractivity contribution is 6.11. The van der Waals surface area contributed by atoms with Crippen molar-refractivity contribution in [3.05, 3.63) is 125 Å². The first-order valence-corrected chi connectivity index (χ1v) is 18.1. The Bertz CT molecular complexity index is 2520. The summed E-state index contributed by atoms with van der Waals surface area (Å²) in [5, 5.41) is 18.4. The van der Waals surface area contributed by atoms with Crippen LogP contribution in [0.2, 0.25) is 0 Å². The van der Waals surface area contributed by atoms with Crippen LogP contribution in [0, 0.1) is 23.0 Å². The van der Waals surface area contributed by atoms with Crippen molar-refractivity contribution in [1.29, 1.82) is 5.26 Å². The first kappa shape index (κ1) is 39.5. The number of hydrogen-bond acceptors (Lipinski definition) is 7. The van der Waals surface area contributed by atoms with Crippen molar-refractivity contribution in [2.24, 2.45) is 0 Å². The van der Waals surface area contributed by atoms with Gasteiger partial charge in [0, 0.05) is 41.9 Å². The first-order chi connectivity index (χ1) is 27.6. The SMILES string of the molecule is C=C1N(c2ccc(C#N)c(C(F)(F)F)c2)C(=O)C(C)(C)N1c1ccc(NCCOCC(=O)NCc2ccc(-c3[nH]c4cc(F)cc5c4c3CCNC5=O)cc2)c(F)c1. The highest BCUT2D eigenvalue weighted by atomic mass is 19.4. The maximum absolute atomic E-state index is 15.3. The molecule has 0 atom stereocenters. The van der Waals surface area contributed by atoms with Crippen LogP contribution in [0.15, 0.2) is 85.2 Å². The Kier molecular flexibility index (Phi) is 10.4. The largest absolute Gasteiger partial charge is 0.417 e. The zero-order valence-corrected chi connectivity index (χ0v) is 31.2. The molecule has 0 saturated carbocycles. The second kappa shape index (κ2) is 15.3. The molecule has 16 heteroatoms. The Morgan fingerprint density at radius 3 is 2.47 bits per heavy atom. The standard InChI is InChI=1S/C42H36F5N7O4/c1-23-53(28-9-8-26(20-48)32(18-28)42(45,46)47)40(57)41(2,3)54(23)29-10-11-34(33(44)19-29)49-14-15-58-22-36(55)51-21-24-4-6-25(7-5-24)38-30-12-13-50-39(56)31-16-27(43)17-35(52-38)37(30)31/h4-11,16-19,49,52H,1,12-15,21-22H2,2-3H3,(H,50,56)(H,51,55). The van der Waals surface area contributed by atoms with Gasteiger partial charge in [0.05, 0.1) is 40.7 Å². The number of halogens is 5. The van der Waals surface area contributed by atoms with Crippen LogP contribution in [0.3, 0.4) is 0 Å². The number of carbonyl (C=O) groups is 3. The Balaban J connectivity index is 0.902. The highest BCUT2D eigenvalue weighted by Crippen LogP contribution is 2.43. The van der Waals surface area contributed by atoms with Crippen LogP contribution >= 0.6 is 0 Å². The van der Waals surface area contributed by atoms with E-state index in [9.17, 15) is 31.9 Å². The summed E-state index contributed by atoms with van der Waals surface area (Å²) in [4.78, 5) is 44.2. The summed E-state index contributed by atoms with van der Waals surface area (Å²) in [6.45, 7) is 7.62. The van der Waals surface area contributed by atoms with E-state index in [4.69, 9.17) is 10.00 Å². The molecule has 0 aliphatic carbocycles. The molecule has 0 unspecified atom stereocenters. The van der Waals surface area contributed by atoms with Gasteiger partial charge in [-0.05, 0) is 85.5 Å². The van der Waals surface area contributed by atoms with Gasteiger partial charge < -0.3 is 30.6 Å². The molecule has 11 nitrogen and oxygen atoms in total. The molecular formula is C42H36F5N7O4. The van der Waals surface area contributed by atoms with E-state index in [-0.39, 0.29) is 61.0 Å². The molecule has 0 bridgehead atoms. The molecule has 4 N–H and O–H groups in total. The zero-order valence-electron chi connectivity index (χ0n) is 31.2. The molecule has 1 fully saturated rings. The van der Waals surface area contributed by atoms with Crippen molar-refractivity contribution in [2.75, 3.05) is 41.4 Å².